The highest BCUT2D eigenvalue weighted by Gasteiger charge is 2.30. The van der Waals surface area contributed by atoms with Crippen LogP contribution < -0.4 is 9.80 Å². The van der Waals surface area contributed by atoms with Crippen LogP contribution in [0.2, 0.25) is 0 Å². The van der Waals surface area contributed by atoms with E-state index >= 15 is 0 Å². The molecular weight excluding hydrogens is 921 g/mol. The fraction of sp³-hybridized carbons (Fsp3) is 0.111. The first-order valence-corrected chi connectivity index (χ1v) is 27.2. The topological polar surface area (TPSA) is 16.3 Å². The minimum atomic E-state index is 0.977. The van der Waals surface area contributed by atoms with Crippen molar-refractivity contribution in [3.05, 3.63) is 288 Å². The van der Waals surface area contributed by atoms with E-state index in [2.05, 4.69) is 274 Å². The Morgan fingerprint density at radius 2 is 0.816 bits per heavy atom. The molecule has 2 aromatic heterocycles. The Labute approximate surface area is 446 Å². The van der Waals surface area contributed by atoms with Crippen molar-refractivity contribution >= 4 is 56.2 Å². The standard InChI is InChI=1S/C72H58N4/c1-5-17-51(18-6-1)53-29-37-59(38-30-53)73(63-45-47-71-67(49-63)65-25-13-15-27-69(65)75(71)57-21-9-3-10-22-57)61-41-33-55(34-42-61)56-35-43-62(44-36-56)74(60-39-31-54(32-40-60)52-19-7-2-8-20-52)64-46-48-72-68(50-64)66-26-14-16-28-70(66)76(72)58-23-11-4-12-24-58/h1-13,15,17-25,27,29-31,33-39,41-45,47,49-50H,14,16,26,28,32,40,46,48H2. The van der Waals surface area contributed by atoms with Crippen LogP contribution in [0, 0.1) is 0 Å². The van der Waals surface area contributed by atoms with Crippen LogP contribution in [0.5, 0.6) is 0 Å². The Morgan fingerprint density at radius 1 is 0.316 bits per heavy atom. The number of hydrogen-bond donors (Lipinski definition) is 0. The van der Waals surface area contributed by atoms with E-state index < -0.39 is 0 Å². The van der Waals surface area contributed by atoms with Gasteiger partial charge < -0.3 is 18.9 Å². The van der Waals surface area contributed by atoms with Crippen LogP contribution in [0.15, 0.2) is 260 Å². The van der Waals surface area contributed by atoms with Crippen LogP contribution in [0.3, 0.4) is 0 Å². The molecule has 9 aromatic carbocycles. The number of para-hydroxylation sites is 3. The average Bonchev–Trinajstić information content (AvgIpc) is 4.02. The highest BCUT2D eigenvalue weighted by Crippen LogP contribution is 2.44. The summed E-state index contributed by atoms with van der Waals surface area (Å²) in [4.78, 5) is 5.00. The number of hydrogen-bond acceptors (Lipinski definition) is 2. The Bertz CT molecular complexity index is 3990. The summed E-state index contributed by atoms with van der Waals surface area (Å²) in [5.41, 5.74) is 25.6. The molecule has 0 fully saturated rings. The summed E-state index contributed by atoms with van der Waals surface area (Å²) in [5.74, 6) is 0. The molecule has 0 saturated heterocycles. The quantitative estimate of drug-likeness (QED) is 0.128. The second kappa shape index (κ2) is 19.6. The molecule has 0 bridgehead atoms. The van der Waals surface area contributed by atoms with Gasteiger partial charge in [-0.2, -0.15) is 0 Å². The van der Waals surface area contributed by atoms with Gasteiger partial charge in [-0.3, -0.25) is 0 Å². The zero-order valence-electron chi connectivity index (χ0n) is 42.7. The number of nitrogens with zero attached hydrogens (tertiary/aromatic N) is 4. The fourth-order valence-electron chi connectivity index (χ4n) is 12.5. The molecule has 0 radical (unpaired) electrons. The lowest BCUT2D eigenvalue weighted by atomic mass is 9.90. The predicted molar refractivity (Wildman–Crippen MR) is 319 cm³/mol. The van der Waals surface area contributed by atoms with Gasteiger partial charge in [0.05, 0.1) is 11.0 Å². The van der Waals surface area contributed by atoms with Gasteiger partial charge in [0.1, 0.15) is 0 Å². The first kappa shape index (κ1) is 45.5. The van der Waals surface area contributed by atoms with E-state index in [0.717, 1.165) is 61.3 Å². The first-order valence-electron chi connectivity index (χ1n) is 27.2. The Morgan fingerprint density at radius 3 is 1.43 bits per heavy atom. The van der Waals surface area contributed by atoms with Crippen molar-refractivity contribution in [1.29, 1.82) is 0 Å². The number of rotatable bonds is 11. The normalized spacial score (nSPS) is 14.1. The van der Waals surface area contributed by atoms with Gasteiger partial charge in [-0.25, -0.2) is 0 Å². The molecule has 2 heterocycles. The SMILES string of the molecule is C1=C(c2ccccc2)CCC(N(C2=Cc3c4c(n(-c5ccccc5)c3CC2)CCCC4)c2ccc(-c3ccc(N(c4ccc(-c5ccccc5)cc4)c4ccc5c(c4)c4ccccc4n5-c4ccccc4)cc3)cc2)=C1. The van der Waals surface area contributed by atoms with E-state index in [1.165, 1.54) is 108 Å². The molecule has 0 N–H and O–H groups in total. The third-order valence-electron chi connectivity index (χ3n) is 16.1. The van der Waals surface area contributed by atoms with Crippen molar-refractivity contribution in [2.45, 2.75) is 51.4 Å². The van der Waals surface area contributed by atoms with E-state index in [1.54, 1.807) is 5.56 Å². The smallest absolute Gasteiger partial charge is 0.0542 e. The van der Waals surface area contributed by atoms with Crippen LogP contribution >= 0.6 is 0 Å². The van der Waals surface area contributed by atoms with Crippen LogP contribution in [0.4, 0.5) is 22.7 Å². The molecule has 4 nitrogen and oxygen atoms in total. The van der Waals surface area contributed by atoms with Gasteiger partial charge in [-0.1, -0.05) is 158 Å². The van der Waals surface area contributed by atoms with Crippen molar-refractivity contribution in [2.24, 2.45) is 0 Å². The predicted octanol–water partition coefficient (Wildman–Crippen LogP) is 18.8. The minimum absolute atomic E-state index is 0.977. The highest BCUT2D eigenvalue weighted by atomic mass is 15.2. The summed E-state index contributed by atoms with van der Waals surface area (Å²) in [6.07, 6.45) is 16.1. The van der Waals surface area contributed by atoms with Crippen molar-refractivity contribution in [1.82, 2.24) is 9.13 Å². The molecule has 0 saturated carbocycles. The number of allylic oxidation sites excluding steroid dienone is 5. The monoisotopic (exact) mass is 978 g/mol. The molecule has 14 rings (SSSR count). The summed E-state index contributed by atoms with van der Waals surface area (Å²) in [7, 11) is 0. The first-order chi connectivity index (χ1) is 37.7. The van der Waals surface area contributed by atoms with E-state index in [1.807, 2.05) is 0 Å². The van der Waals surface area contributed by atoms with Crippen LogP contribution in [-0.4, -0.2) is 9.13 Å². The third kappa shape index (κ3) is 8.27. The summed E-state index contributed by atoms with van der Waals surface area (Å²) < 4.78 is 5.00. The molecule has 11 aromatic rings. The third-order valence-corrected chi connectivity index (χ3v) is 16.1. The second-order valence-electron chi connectivity index (χ2n) is 20.6. The summed E-state index contributed by atoms with van der Waals surface area (Å²) in [5, 5.41) is 2.46. The van der Waals surface area contributed by atoms with Gasteiger partial charge in [-0.05, 0) is 187 Å². The molecule has 3 aliphatic carbocycles. The lowest BCUT2D eigenvalue weighted by molar-refractivity contribution is 0.659. The van der Waals surface area contributed by atoms with Crippen LogP contribution in [0.25, 0.3) is 67.1 Å². The van der Waals surface area contributed by atoms with Gasteiger partial charge >= 0.3 is 0 Å². The molecule has 76 heavy (non-hydrogen) atoms. The largest absolute Gasteiger partial charge is 0.318 e. The van der Waals surface area contributed by atoms with Gasteiger partial charge in [-0.15, -0.1) is 0 Å². The molecule has 0 amide bonds. The zero-order chi connectivity index (χ0) is 50.4. The zero-order valence-corrected chi connectivity index (χ0v) is 42.7. The molecule has 0 atom stereocenters. The molecule has 4 heteroatoms. The van der Waals surface area contributed by atoms with Gasteiger partial charge in [0.25, 0.3) is 0 Å². The highest BCUT2D eigenvalue weighted by molar-refractivity contribution is 6.10. The molecule has 0 unspecified atom stereocenters. The molecule has 3 aliphatic rings. The minimum Gasteiger partial charge on any atom is -0.318 e. The summed E-state index contributed by atoms with van der Waals surface area (Å²) in [6.45, 7) is 0. The van der Waals surface area contributed by atoms with Crippen molar-refractivity contribution < 1.29 is 0 Å². The summed E-state index contributed by atoms with van der Waals surface area (Å²) in [6, 6.07) is 86.5. The average molecular weight is 979 g/mol. The van der Waals surface area contributed by atoms with Crippen molar-refractivity contribution in [2.75, 3.05) is 9.80 Å². The Kier molecular flexibility index (Phi) is 11.7. The maximum Gasteiger partial charge on any atom is 0.0542 e. The van der Waals surface area contributed by atoms with Crippen LogP contribution in [-0.2, 0) is 19.3 Å². The lowest BCUT2D eigenvalue weighted by Crippen LogP contribution is -2.25. The van der Waals surface area contributed by atoms with E-state index in [9.17, 15) is 0 Å². The second-order valence-corrected chi connectivity index (χ2v) is 20.6. The molecule has 0 spiro atoms. The van der Waals surface area contributed by atoms with Gasteiger partial charge in [0, 0.05) is 73.2 Å². The summed E-state index contributed by atoms with van der Waals surface area (Å²) >= 11 is 0. The molecule has 0 aliphatic heterocycles. The van der Waals surface area contributed by atoms with Gasteiger partial charge in [0.15, 0.2) is 0 Å². The number of aromatic nitrogens is 2. The van der Waals surface area contributed by atoms with E-state index in [4.69, 9.17) is 0 Å². The maximum absolute atomic E-state index is 2.61. The van der Waals surface area contributed by atoms with Crippen molar-refractivity contribution in [3.63, 3.8) is 0 Å². The van der Waals surface area contributed by atoms with Crippen LogP contribution in [0.1, 0.15) is 60.2 Å². The van der Waals surface area contributed by atoms with E-state index in [0.29, 0.717) is 0 Å². The molecule has 366 valence electrons. The maximum atomic E-state index is 2.61. The number of fused-ring (bicyclic) bond motifs is 6. The van der Waals surface area contributed by atoms with Crippen molar-refractivity contribution in [3.8, 4) is 33.6 Å². The number of benzene rings is 9. The Hall–Kier alpha value is -9.12. The lowest BCUT2D eigenvalue weighted by Gasteiger charge is -2.34. The Balaban J connectivity index is 0.828. The number of anilines is 4. The molecular formula is C72H58N4. The van der Waals surface area contributed by atoms with E-state index in [-0.39, 0.29) is 0 Å². The van der Waals surface area contributed by atoms with Gasteiger partial charge in [0.2, 0.25) is 0 Å². The fourth-order valence-corrected chi connectivity index (χ4v) is 12.5.